The molecule has 0 radical (unpaired) electrons. The van der Waals surface area contributed by atoms with Crippen LogP contribution in [0.5, 0.6) is 5.75 Å². The molecule has 3 aromatic carbocycles. The van der Waals surface area contributed by atoms with Gasteiger partial charge in [-0.25, -0.2) is 23.1 Å². The Morgan fingerprint density at radius 3 is 2.51 bits per heavy atom. The van der Waals surface area contributed by atoms with Gasteiger partial charge >= 0.3 is 5.69 Å². The van der Waals surface area contributed by atoms with E-state index < -0.39 is 31.4 Å². The number of likely N-dealkylation sites (tertiary alicyclic amines) is 1. The summed E-state index contributed by atoms with van der Waals surface area (Å²) in [6, 6.07) is 21.2. The van der Waals surface area contributed by atoms with Crippen LogP contribution in [0.1, 0.15) is 61.9 Å². The summed E-state index contributed by atoms with van der Waals surface area (Å²) in [5.41, 5.74) is 7.00. The lowest BCUT2D eigenvalue weighted by atomic mass is 9.72. The van der Waals surface area contributed by atoms with Crippen molar-refractivity contribution in [2.75, 3.05) is 70.5 Å². The zero-order chi connectivity index (χ0) is 46.5. The summed E-state index contributed by atoms with van der Waals surface area (Å²) in [7, 11) is -4.60. The molecule has 0 unspecified atom stereocenters. The Bertz CT molecular complexity index is 2990. The fourth-order valence-electron chi connectivity index (χ4n) is 9.90. The summed E-state index contributed by atoms with van der Waals surface area (Å²) < 4.78 is 43.0. The van der Waals surface area contributed by atoms with Gasteiger partial charge in [0.1, 0.15) is 5.52 Å². The minimum Gasteiger partial charge on any atom is -0.487 e. The molecule has 4 aliphatic rings. The van der Waals surface area contributed by atoms with E-state index in [-0.39, 0.29) is 29.3 Å². The maximum atomic E-state index is 14.3. The third-order valence-electron chi connectivity index (χ3n) is 14.0. The number of benzene rings is 3. The molecule has 16 nitrogen and oxygen atoms in total. The van der Waals surface area contributed by atoms with Crippen LogP contribution in [0.25, 0.3) is 33.3 Å². The molecule has 3 aliphatic heterocycles. The van der Waals surface area contributed by atoms with Gasteiger partial charge in [0.2, 0.25) is 0 Å². The molecule has 6 heterocycles. The Labute approximate surface area is 394 Å². The Kier molecular flexibility index (Phi) is 12.3. The van der Waals surface area contributed by atoms with Crippen molar-refractivity contribution in [1.29, 1.82) is 0 Å². The number of nitro benzene ring substituents is 1. The predicted molar refractivity (Wildman–Crippen MR) is 258 cm³/mol. The van der Waals surface area contributed by atoms with E-state index in [4.69, 9.17) is 21.1 Å². The van der Waals surface area contributed by atoms with Crippen LogP contribution in [0.3, 0.4) is 0 Å². The number of halogens is 1. The number of allylic oxidation sites excluding steroid dienone is 1. The topological polar surface area (TPSA) is 181 Å². The largest absolute Gasteiger partial charge is 0.487 e. The molecule has 6 aromatic rings. The number of pyridine rings is 1. The lowest BCUT2D eigenvalue weighted by Crippen LogP contribution is -2.52. The van der Waals surface area contributed by atoms with Crippen molar-refractivity contribution >= 4 is 66.5 Å². The van der Waals surface area contributed by atoms with Gasteiger partial charge in [-0.15, -0.1) is 0 Å². The van der Waals surface area contributed by atoms with Gasteiger partial charge in [-0.05, 0) is 122 Å². The van der Waals surface area contributed by atoms with E-state index in [0.29, 0.717) is 28.4 Å². The Hall–Kier alpha value is -5.85. The minimum absolute atomic E-state index is 0.0284. The molecular formula is C49H54ClN9O7S. The standard InChI is InChI=1S/C49H54ClN9O7S/c1-49(2)15-11-35(41(26-49)33-3-5-36(50)6-4-33)28-55-19-21-57(22-20-55)37-7-9-40(43(24-37)58-44-23-34-12-16-51-47(34)53-42(44)27-52-58)48(60)54-67(63,64)39-8-10-46(45(25-39)59(61)62)66-29-32-13-17-56(18-14-32)38-30-65-31-38/h3-10,12,16,23-25,27,32,38,52H,11,13-15,17-22,26,28-31H2,1-2H3,(H,54,60). The SMILES string of the molecule is CC1(C)CCC(CN2CCN(c3ccc(C(=O)NS(=O)(=O)c4ccc(OCC5CCN(C6COC6)CC5)c([N+](=O)[O-])c4)c(-n4[nH]cc5nc6nccc6cc54)c3)CC2)=C(c2ccc(Cl)cc2)C1. The number of aromatic nitrogens is 4. The van der Waals surface area contributed by atoms with Crippen molar-refractivity contribution < 1.29 is 27.6 Å². The third kappa shape index (κ3) is 9.52. The number of carbonyl (C=O) groups is 1. The fourth-order valence-corrected chi connectivity index (χ4v) is 11.0. The third-order valence-corrected chi connectivity index (χ3v) is 15.6. The number of amides is 1. The summed E-state index contributed by atoms with van der Waals surface area (Å²) in [6.07, 6.45) is 8.35. The zero-order valence-corrected chi connectivity index (χ0v) is 39.2. The highest BCUT2D eigenvalue weighted by molar-refractivity contribution is 7.90. The molecule has 350 valence electrons. The van der Waals surface area contributed by atoms with Gasteiger partial charge in [0.05, 0.1) is 52.4 Å². The van der Waals surface area contributed by atoms with Crippen LogP contribution in [-0.4, -0.2) is 120 Å². The van der Waals surface area contributed by atoms with Gasteiger partial charge in [-0.2, -0.15) is 0 Å². The van der Waals surface area contributed by atoms with E-state index in [0.717, 1.165) is 113 Å². The number of hydrogen-bond donors (Lipinski definition) is 2. The van der Waals surface area contributed by atoms with E-state index in [2.05, 4.69) is 60.5 Å². The Balaban J connectivity index is 0.881. The maximum Gasteiger partial charge on any atom is 0.312 e. The number of anilines is 1. The van der Waals surface area contributed by atoms with Gasteiger partial charge in [0.15, 0.2) is 11.4 Å². The lowest BCUT2D eigenvalue weighted by molar-refractivity contribution is -0.386. The smallest absolute Gasteiger partial charge is 0.312 e. The molecule has 1 aliphatic carbocycles. The van der Waals surface area contributed by atoms with Crippen LogP contribution in [0.2, 0.25) is 5.02 Å². The first-order chi connectivity index (χ1) is 32.3. The number of rotatable bonds is 13. The second-order valence-corrected chi connectivity index (χ2v) is 21.2. The average molecular weight is 949 g/mol. The number of aromatic amines is 1. The molecule has 3 aromatic heterocycles. The molecule has 1 amide bonds. The van der Waals surface area contributed by atoms with Crippen molar-refractivity contribution in [3.8, 4) is 11.4 Å². The van der Waals surface area contributed by atoms with Crippen LogP contribution < -0.4 is 14.4 Å². The normalized spacial score (nSPS) is 18.9. The number of ether oxygens (including phenoxy) is 2. The molecule has 3 saturated heterocycles. The second-order valence-electron chi connectivity index (χ2n) is 19.1. The summed E-state index contributed by atoms with van der Waals surface area (Å²) in [5.74, 6) is -0.734. The predicted octanol–water partition coefficient (Wildman–Crippen LogP) is 7.86. The van der Waals surface area contributed by atoms with Gasteiger partial charge in [-0.1, -0.05) is 43.2 Å². The van der Waals surface area contributed by atoms with Gasteiger partial charge in [0.25, 0.3) is 15.9 Å². The average Bonchev–Trinajstić information content (AvgIpc) is 3.94. The first-order valence-electron chi connectivity index (χ1n) is 23.0. The number of piperazine rings is 1. The van der Waals surface area contributed by atoms with E-state index in [1.54, 1.807) is 23.1 Å². The first kappa shape index (κ1) is 45.0. The van der Waals surface area contributed by atoms with Crippen LogP contribution in [0.4, 0.5) is 11.4 Å². The highest BCUT2D eigenvalue weighted by Crippen LogP contribution is 2.43. The molecule has 10 rings (SSSR count). The van der Waals surface area contributed by atoms with Crippen molar-refractivity contribution in [1.82, 2.24) is 34.3 Å². The minimum atomic E-state index is -4.60. The van der Waals surface area contributed by atoms with E-state index in [9.17, 15) is 23.3 Å². The number of nitrogens with one attached hydrogen (secondary N) is 2. The highest BCUT2D eigenvalue weighted by Gasteiger charge is 2.33. The Morgan fingerprint density at radius 2 is 1.78 bits per heavy atom. The molecule has 0 bridgehead atoms. The number of piperidine rings is 1. The number of sulfonamides is 1. The molecule has 0 atom stereocenters. The van der Waals surface area contributed by atoms with Crippen LogP contribution in [0, 0.1) is 21.4 Å². The lowest BCUT2D eigenvalue weighted by Gasteiger charge is -2.41. The van der Waals surface area contributed by atoms with Crippen LogP contribution in [0.15, 0.2) is 95.7 Å². The number of nitrogens with zero attached hydrogens (tertiary/aromatic N) is 7. The van der Waals surface area contributed by atoms with Crippen molar-refractivity contribution in [2.24, 2.45) is 11.3 Å². The summed E-state index contributed by atoms with van der Waals surface area (Å²) in [4.78, 5) is 41.6. The summed E-state index contributed by atoms with van der Waals surface area (Å²) in [5, 5.41) is 17.0. The quantitative estimate of drug-likeness (QED) is 0.0847. The van der Waals surface area contributed by atoms with Crippen molar-refractivity contribution in [3.05, 3.63) is 117 Å². The summed E-state index contributed by atoms with van der Waals surface area (Å²) >= 11 is 6.27. The highest BCUT2D eigenvalue weighted by atomic mass is 35.5. The van der Waals surface area contributed by atoms with Crippen LogP contribution in [-0.2, 0) is 14.8 Å². The zero-order valence-electron chi connectivity index (χ0n) is 37.6. The van der Waals surface area contributed by atoms with Crippen molar-refractivity contribution in [3.63, 3.8) is 0 Å². The van der Waals surface area contributed by atoms with Crippen molar-refractivity contribution in [2.45, 2.75) is 56.9 Å². The van der Waals surface area contributed by atoms with E-state index in [1.165, 1.54) is 28.8 Å². The maximum absolute atomic E-state index is 14.3. The second kappa shape index (κ2) is 18.3. The van der Waals surface area contributed by atoms with Gasteiger partial charge < -0.3 is 14.4 Å². The Morgan fingerprint density at radius 1 is 1.00 bits per heavy atom. The molecule has 0 spiro atoms. The van der Waals surface area contributed by atoms with E-state index >= 15 is 0 Å². The molecular weight excluding hydrogens is 894 g/mol. The molecule has 18 heteroatoms. The molecule has 0 saturated carbocycles. The molecule has 67 heavy (non-hydrogen) atoms. The van der Waals surface area contributed by atoms with E-state index in [1.807, 2.05) is 36.4 Å². The van der Waals surface area contributed by atoms with Gasteiger partial charge in [-0.3, -0.25) is 34.5 Å². The summed E-state index contributed by atoms with van der Waals surface area (Å²) in [6.45, 7) is 12.3. The number of carbonyl (C=O) groups excluding carboxylic acids is 1. The first-order valence-corrected chi connectivity index (χ1v) is 24.8. The van der Waals surface area contributed by atoms with Crippen LogP contribution >= 0.6 is 11.6 Å². The molecule has 3 fully saturated rings. The fraction of sp³-hybridized carbons (Fsp3) is 0.408. The number of H-pyrrole nitrogens is 1. The number of nitro groups is 1. The molecule has 2 N–H and O–H groups in total. The monoisotopic (exact) mass is 947 g/mol. The van der Waals surface area contributed by atoms with Gasteiger partial charge in [0, 0.05) is 67.3 Å². The number of fused-ring (bicyclic) bond motifs is 2. The number of hydrogen-bond acceptors (Lipinski definition) is 12.